The van der Waals surface area contributed by atoms with E-state index in [1.54, 1.807) is 24.2 Å². The number of rotatable bonds is 7. The van der Waals surface area contributed by atoms with E-state index in [0.29, 0.717) is 5.57 Å². The molecule has 40 heavy (non-hydrogen) atoms. The molecule has 4 aliphatic rings. The monoisotopic (exact) mass is 554 g/mol. The van der Waals surface area contributed by atoms with Crippen molar-refractivity contribution in [2.45, 2.75) is 69.8 Å². The van der Waals surface area contributed by atoms with Crippen LogP contribution < -0.4 is 0 Å². The zero-order chi connectivity index (χ0) is 28.3. The predicted molar refractivity (Wildman–Crippen MR) is 145 cm³/mol. The first-order valence-corrected chi connectivity index (χ1v) is 13.7. The molecule has 2 aromatic heterocycles. The summed E-state index contributed by atoms with van der Waals surface area (Å²) in [5, 5.41) is 0. The van der Waals surface area contributed by atoms with E-state index >= 15 is 0 Å². The van der Waals surface area contributed by atoms with E-state index in [0.717, 1.165) is 46.8 Å². The van der Waals surface area contributed by atoms with Crippen LogP contribution in [-0.2, 0) is 18.3 Å². The topological polar surface area (TPSA) is 41.4 Å². The molecule has 0 aromatic carbocycles. The van der Waals surface area contributed by atoms with Crippen LogP contribution in [0, 0.1) is 5.41 Å². The third kappa shape index (κ3) is 4.72. The molecule has 1 aliphatic heterocycles. The lowest BCUT2D eigenvalue weighted by Crippen LogP contribution is -2.43. The third-order valence-electron chi connectivity index (χ3n) is 9.04. The van der Waals surface area contributed by atoms with Gasteiger partial charge in [0.1, 0.15) is 12.0 Å². The Morgan fingerprint density at radius 2 is 2.00 bits per heavy atom. The lowest BCUT2D eigenvalue weighted by atomic mass is 9.76. The van der Waals surface area contributed by atoms with Gasteiger partial charge in [-0.2, -0.15) is 13.2 Å². The third-order valence-corrected chi connectivity index (χ3v) is 9.04. The SMILES string of the molecule is CC1=Nc2ncccc2C12Cc1cc(C=CCN(CC3(C(F)(F)F)CC3)C(C)C3=CC(F)CC(F)=C3)cnc1C2. The standard InChI is InChI=1S/C31H31F5N4/c1-19(22-12-24(32)14-25(33)13-22)40(18-29(7-8-29)31(34,35)36)10-4-5-21-11-23-15-30(16-27(23)38-17-21)20(2)39-28-26(30)6-3-9-37-28/h3-6,9,11-13,17,19,24H,7-8,10,14-16,18H2,1-2H3. The summed E-state index contributed by atoms with van der Waals surface area (Å²) >= 11 is 0. The number of aliphatic imine (C=N–C) groups is 1. The molecule has 9 heteroatoms. The summed E-state index contributed by atoms with van der Waals surface area (Å²) in [6.07, 6.45) is 5.29. The highest BCUT2D eigenvalue weighted by Gasteiger charge is 2.63. The number of fused-ring (bicyclic) bond motifs is 3. The van der Waals surface area contributed by atoms with Crippen molar-refractivity contribution in [3.05, 3.63) is 82.6 Å². The van der Waals surface area contributed by atoms with Gasteiger partial charge in [-0.1, -0.05) is 18.2 Å². The fourth-order valence-electron chi connectivity index (χ4n) is 6.37. The van der Waals surface area contributed by atoms with Crippen LogP contribution in [-0.4, -0.2) is 52.1 Å². The van der Waals surface area contributed by atoms with Gasteiger partial charge in [-0.05, 0) is 74.1 Å². The highest BCUT2D eigenvalue weighted by molar-refractivity contribution is 6.00. The maximum Gasteiger partial charge on any atom is 0.395 e. The Morgan fingerprint density at radius 1 is 1.20 bits per heavy atom. The molecule has 0 amide bonds. The number of pyridine rings is 2. The van der Waals surface area contributed by atoms with Gasteiger partial charge in [0, 0.05) is 66.8 Å². The quantitative estimate of drug-likeness (QED) is 0.340. The molecule has 4 nitrogen and oxygen atoms in total. The first-order valence-electron chi connectivity index (χ1n) is 13.7. The number of halogens is 5. The van der Waals surface area contributed by atoms with E-state index in [-0.39, 0.29) is 37.8 Å². The summed E-state index contributed by atoms with van der Waals surface area (Å²) in [7, 11) is 0. The van der Waals surface area contributed by atoms with Crippen molar-refractivity contribution >= 4 is 17.6 Å². The van der Waals surface area contributed by atoms with Crippen LogP contribution in [0.15, 0.2) is 65.2 Å². The Hall–Kier alpha value is -3.20. The zero-order valence-electron chi connectivity index (χ0n) is 22.5. The Labute approximate surface area is 230 Å². The Kier molecular flexibility index (Phi) is 6.56. The average Bonchev–Trinajstić information content (AvgIpc) is 3.52. The van der Waals surface area contributed by atoms with Gasteiger partial charge in [0.25, 0.3) is 0 Å². The molecule has 3 aliphatic carbocycles. The molecule has 0 N–H and O–H groups in total. The summed E-state index contributed by atoms with van der Waals surface area (Å²) in [5.41, 5.74) is 3.49. The van der Waals surface area contributed by atoms with E-state index in [4.69, 9.17) is 9.98 Å². The second-order valence-electron chi connectivity index (χ2n) is 11.6. The number of hydrogen-bond donors (Lipinski definition) is 0. The van der Waals surface area contributed by atoms with Gasteiger partial charge in [-0.25, -0.2) is 18.8 Å². The van der Waals surface area contributed by atoms with Crippen molar-refractivity contribution in [3.8, 4) is 0 Å². The van der Waals surface area contributed by atoms with Gasteiger partial charge in [0.15, 0.2) is 5.82 Å². The second kappa shape index (κ2) is 9.72. The van der Waals surface area contributed by atoms with Crippen LogP contribution in [0.2, 0.25) is 0 Å². The summed E-state index contributed by atoms with van der Waals surface area (Å²) in [5.74, 6) is 0.170. The zero-order valence-corrected chi connectivity index (χ0v) is 22.5. The minimum atomic E-state index is -4.32. The first kappa shape index (κ1) is 27.0. The highest BCUT2D eigenvalue weighted by atomic mass is 19.4. The molecule has 2 aromatic rings. The van der Waals surface area contributed by atoms with Crippen LogP contribution >= 0.6 is 0 Å². The highest BCUT2D eigenvalue weighted by Crippen LogP contribution is 2.58. The van der Waals surface area contributed by atoms with Gasteiger partial charge >= 0.3 is 6.18 Å². The van der Waals surface area contributed by atoms with Gasteiger partial charge in [0.2, 0.25) is 0 Å². The van der Waals surface area contributed by atoms with Crippen molar-refractivity contribution in [2.75, 3.05) is 13.1 Å². The molecule has 1 fully saturated rings. The molecule has 1 spiro atoms. The largest absolute Gasteiger partial charge is 0.395 e. The van der Waals surface area contributed by atoms with E-state index < -0.39 is 29.6 Å². The smallest absolute Gasteiger partial charge is 0.292 e. The van der Waals surface area contributed by atoms with Crippen molar-refractivity contribution in [1.29, 1.82) is 0 Å². The fourth-order valence-corrected chi connectivity index (χ4v) is 6.37. The lowest BCUT2D eigenvalue weighted by molar-refractivity contribution is -0.192. The molecular formula is C31H31F5N4. The molecular weight excluding hydrogens is 523 g/mol. The van der Waals surface area contributed by atoms with Gasteiger partial charge in [-0.15, -0.1) is 0 Å². The summed E-state index contributed by atoms with van der Waals surface area (Å²) < 4.78 is 69.6. The van der Waals surface area contributed by atoms with Gasteiger partial charge in [-0.3, -0.25) is 9.88 Å². The maximum atomic E-state index is 14.1. The Bertz CT molecular complexity index is 1450. The van der Waals surface area contributed by atoms with Crippen molar-refractivity contribution in [1.82, 2.24) is 14.9 Å². The second-order valence-corrected chi connectivity index (χ2v) is 11.6. The number of allylic oxidation sites excluding steroid dienone is 2. The summed E-state index contributed by atoms with van der Waals surface area (Å²) in [4.78, 5) is 15.5. The van der Waals surface area contributed by atoms with Crippen LogP contribution in [0.4, 0.5) is 27.8 Å². The molecule has 6 rings (SSSR count). The minimum Gasteiger partial charge on any atom is -0.292 e. The normalized spacial score (nSPS) is 25.6. The van der Waals surface area contributed by atoms with Crippen molar-refractivity contribution in [2.24, 2.45) is 10.4 Å². The minimum absolute atomic E-state index is 0.0658. The van der Waals surface area contributed by atoms with Crippen LogP contribution in [0.3, 0.4) is 0 Å². The summed E-state index contributed by atoms with van der Waals surface area (Å²) in [6.45, 7) is 3.73. The van der Waals surface area contributed by atoms with Gasteiger partial charge in [0.05, 0.1) is 5.41 Å². The molecule has 3 atom stereocenters. The maximum absolute atomic E-state index is 14.1. The van der Waals surface area contributed by atoms with Crippen molar-refractivity contribution < 1.29 is 22.0 Å². The van der Waals surface area contributed by atoms with E-state index in [1.165, 1.54) is 12.2 Å². The van der Waals surface area contributed by atoms with Crippen LogP contribution in [0.5, 0.6) is 0 Å². The van der Waals surface area contributed by atoms with Crippen LogP contribution in [0.1, 0.15) is 55.5 Å². The van der Waals surface area contributed by atoms with Gasteiger partial charge < -0.3 is 0 Å². The fraction of sp³-hybridized carbons (Fsp3) is 0.452. The summed E-state index contributed by atoms with van der Waals surface area (Å²) in [6, 6.07) is 5.51. The molecule has 0 bridgehead atoms. The van der Waals surface area contributed by atoms with E-state index in [1.807, 2.05) is 25.1 Å². The Balaban J connectivity index is 1.21. The number of nitrogens with zero attached hydrogens (tertiary/aromatic N) is 4. The molecule has 210 valence electrons. The molecule has 0 radical (unpaired) electrons. The molecule has 3 heterocycles. The number of hydrogen-bond acceptors (Lipinski definition) is 4. The van der Waals surface area contributed by atoms with E-state index in [9.17, 15) is 22.0 Å². The molecule has 1 saturated carbocycles. The van der Waals surface area contributed by atoms with Crippen molar-refractivity contribution in [3.63, 3.8) is 0 Å². The number of aromatic nitrogens is 2. The average molecular weight is 555 g/mol. The van der Waals surface area contributed by atoms with Crippen LogP contribution in [0.25, 0.3) is 6.08 Å². The lowest BCUT2D eigenvalue weighted by Gasteiger charge is -2.34. The Morgan fingerprint density at radius 3 is 2.73 bits per heavy atom. The number of alkyl halides is 4. The first-order chi connectivity index (χ1) is 19.0. The predicted octanol–water partition coefficient (Wildman–Crippen LogP) is 7.19. The molecule has 0 saturated heterocycles. The molecule has 3 unspecified atom stereocenters. The van der Waals surface area contributed by atoms with E-state index in [2.05, 4.69) is 17.1 Å².